The number of thiophene rings is 1. The number of rotatable bonds is 3. The van der Waals surface area contributed by atoms with Gasteiger partial charge in [0.25, 0.3) is 0 Å². The lowest BCUT2D eigenvalue weighted by Gasteiger charge is -2.18. The second-order valence-electron chi connectivity index (χ2n) is 4.97. The molecule has 19 heavy (non-hydrogen) atoms. The summed E-state index contributed by atoms with van der Waals surface area (Å²) in [7, 11) is 0. The normalized spacial score (nSPS) is 18.5. The summed E-state index contributed by atoms with van der Waals surface area (Å²) in [5.41, 5.74) is 6.61. The first-order chi connectivity index (χ1) is 9.15. The number of nitrogens with zero attached hydrogens (tertiary/aromatic N) is 2. The van der Waals surface area contributed by atoms with Gasteiger partial charge in [-0.25, -0.2) is 9.97 Å². The number of fused-ring (bicyclic) bond motifs is 3. The summed E-state index contributed by atoms with van der Waals surface area (Å²) in [6.07, 6.45) is 5.02. The minimum atomic E-state index is -0.311. The van der Waals surface area contributed by atoms with Crippen LogP contribution in [-0.4, -0.2) is 21.6 Å². The number of primary amides is 1. The Labute approximate surface area is 119 Å². The molecule has 0 fully saturated rings. The van der Waals surface area contributed by atoms with Crippen LogP contribution in [-0.2, 0) is 17.6 Å². The third-order valence-electron chi connectivity index (χ3n) is 3.41. The van der Waals surface area contributed by atoms with Crippen LogP contribution in [0.25, 0.3) is 10.2 Å². The summed E-state index contributed by atoms with van der Waals surface area (Å²) < 4.78 is 0. The van der Waals surface area contributed by atoms with Crippen molar-refractivity contribution >= 4 is 39.2 Å². The molecule has 2 heterocycles. The van der Waals surface area contributed by atoms with Gasteiger partial charge in [0.2, 0.25) is 5.91 Å². The van der Waals surface area contributed by atoms with Crippen LogP contribution in [0.15, 0.2) is 11.4 Å². The Hall–Kier alpha value is -1.14. The number of aromatic nitrogens is 2. The third kappa shape index (κ3) is 2.47. The molecular formula is C13H15N3OS2. The van der Waals surface area contributed by atoms with E-state index in [9.17, 15) is 4.79 Å². The maximum absolute atomic E-state index is 10.9. The van der Waals surface area contributed by atoms with Gasteiger partial charge in [-0.3, -0.25) is 4.79 Å². The molecule has 0 aromatic carbocycles. The number of carbonyl (C=O) groups excluding carboxylic acids is 1. The van der Waals surface area contributed by atoms with Crippen LogP contribution in [0.5, 0.6) is 0 Å². The molecule has 100 valence electrons. The maximum atomic E-state index is 10.9. The summed E-state index contributed by atoms with van der Waals surface area (Å²) in [5, 5.41) is 2.05. The molecule has 0 saturated carbocycles. The van der Waals surface area contributed by atoms with Crippen LogP contribution in [0.1, 0.15) is 23.8 Å². The fraction of sp³-hybridized carbons (Fsp3) is 0.462. The van der Waals surface area contributed by atoms with Crippen LogP contribution in [0.4, 0.5) is 0 Å². The quantitative estimate of drug-likeness (QED) is 0.697. The van der Waals surface area contributed by atoms with Crippen molar-refractivity contribution in [3.63, 3.8) is 0 Å². The number of hydrogen-bond donors (Lipinski definition) is 1. The first-order valence-corrected chi connectivity index (χ1v) is 8.11. The highest BCUT2D eigenvalue weighted by Gasteiger charge is 2.23. The number of hydrogen-bond acceptors (Lipinski definition) is 5. The first-order valence-electron chi connectivity index (χ1n) is 6.31. The molecule has 0 radical (unpaired) electrons. The van der Waals surface area contributed by atoms with Crippen LogP contribution in [0.2, 0.25) is 0 Å². The van der Waals surface area contributed by atoms with Crippen molar-refractivity contribution in [3.8, 4) is 0 Å². The van der Waals surface area contributed by atoms with Gasteiger partial charge in [-0.1, -0.05) is 18.7 Å². The molecule has 0 unspecified atom stereocenters. The fourth-order valence-corrected chi connectivity index (χ4v) is 4.67. The van der Waals surface area contributed by atoms with Gasteiger partial charge < -0.3 is 5.73 Å². The molecule has 0 bridgehead atoms. The molecule has 0 spiro atoms. The Bertz CT molecular complexity index is 638. The van der Waals surface area contributed by atoms with Crippen molar-refractivity contribution in [2.45, 2.75) is 31.2 Å². The monoisotopic (exact) mass is 293 g/mol. The van der Waals surface area contributed by atoms with E-state index in [-0.39, 0.29) is 11.7 Å². The van der Waals surface area contributed by atoms with Crippen molar-refractivity contribution in [2.75, 3.05) is 5.75 Å². The second kappa shape index (κ2) is 5.09. The lowest BCUT2D eigenvalue weighted by Crippen LogP contribution is -2.13. The minimum absolute atomic E-state index is 0.271. The highest BCUT2D eigenvalue weighted by atomic mass is 32.2. The van der Waals surface area contributed by atoms with E-state index in [4.69, 9.17) is 5.73 Å². The van der Waals surface area contributed by atoms with Gasteiger partial charge >= 0.3 is 0 Å². The van der Waals surface area contributed by atoms with Gasteiger partial charge in [-0.05, 0) is 30.7 Å². The van der Waals surface area contributed by atoms with Gasteiger partial charge in [0.05, 0.1) is 5.75 Å². The highest BCUT2D eigenvalue weighted by molar-refractivity contribution is 8.00. The zero-order valence-electron chi connectivity index (χ0n) is 10.7. The lowest BCUT2D eigenvalue weighted by molar-refractivity contribution is -0.115. The van der Waals surface area contributed by atoms with Crippen molar-refractivity contribution in [2.24, 2.45) is 11.7 Å². The molecule has 2 N–H and O–H groups in total. The SMILES string of the molecule is C[C@H]1CCc2c(sc3ncnc(SCC(N)=O)c23)C1. The smallest absolute Gasteiger partial charge is 0.227 e. The summed E-state index contributed by atoms with van der Waals surface area (Å²) in [4.78, 5) is 22.1. The molecule has 3 rings (SSSR count). The fourth-order valence-electron chi connectivity index (χ4n) is 2.50. The summed E-state index contributed by atoms with van der Waals surface area (Å²) in [6.45, 7) is 2.29. The minimum Gasteiger partial charge on any atom is -0.369 e. The van der Waals surface area contributed by atoms with E-state index in [1.807, 2.05) is 0 Å². The van der Waals surface area contributed by atoms with Crippen LogP contribution < -0.4 is 5.73 Å². The molecule has 6 heteroatoms. The number of thioether (sulfide) groups is 1. The average molecular weight is 293 g/mol. The van der Waals surface area contributed by atoms with Crippen LogP contribution in [0, 0.1) is 5.92 Å². The molecule has 1 atom stereocenters. The Morgan fingerprint density at radius 2 is 2.42 bits per heavy atom. The molecule has 4 nitrogen and oxygen atoms in total. The van der Waals surface area contributed by atoms with Gasteiger partial charge in [0.15, 0.2) is 0 Å². The van der Waals surface area contributed by atoms with E-state index in [1.165, 1.54) is 28.6 Å². The van der Waals surface area contributed by atoms with Crippen molar-refractivity contribution in [3.05, 3.63) is 16.8 Å². The van der Waals surface area contributed by atoms with Crippen molar-refractivity contribution in [1.82, 2.24) is 9.97 Å². The van der Waals surface area contributed by atoms with E-state index in [2.05, 4.69) is 16.9 Å². The van der Waals surface area contributed by atoms with E-state index in [0.29, 0.717) is 0 Å². The topological polar surface area (TPSA) is 68.9 Å². The average Bonchev–Trinajstić information content (AvgIpc) is 2.73. The van der Waals surface area contributed by atoms with Crippen molar-refractivity contribution in [1.29, 1.82) is 0 Å². The molecular weight excluding hydrogens is 278 g/mol. The molecule has 1 amide bonds. The molecule has 2 aromatic rings. The number of amides is 1. The largest absolute Gasteiger partial charge is 0.369 e. The Kier molecular flexibility index (Phi) is 3.45. The van der Waals surface area contributed by atoms with E-state index in [0.717, 1.165) is 34.0 Å². The predicted molar refractivity (Wildman–Crippen MR) is 78.5 cm³/mol. The van der Waals surface area contributed by atoms with Crippen LogP contribution >= 0.6 is 23.1 Å². The Balaban J connectivity index is 2.06. The number of aryl methyl sites for hydroxylation is 1. The highest BCUT2D eigenvalue weighted by Crippen LogP contribution is 2.40. The molecule has 1 aliphatic rings. The first kappa shape index (κ1) is 12.9. The van der Waals surface area contributed by atoms with E-state index >= 15 is 0 Å². The second-order valence-corrected chi connectivity index (χ2v) is 7.01. The zero-order chi connectivity index (χ0) is 13.4. The molecule has 1 aliphatic carbocycles. The summed E-state index contributed by atoms with van der Waals surface area (Å²) in [5.74, 6) is 0.706. The van der Waals surface area contributed by atoms with Gasteiger partial charge in [0, 0.05) is 10.3 Å². The van der Waals surface area contributed by atoms with Gasteiger partial charge in [-0.2, -0.15) is 0 Å². The zero-order valence-corrected chi connectivity index (χ0v) is 12.3. The molecule has 0 saturated heterocycles. The standard InChI is InChI=1S/C13H15N3OS2/c1-7-2-3-8-9(4-7)19-13-11(8)12(15-6-16-13)18-5-10(14)17/h6-7H,2-5H2,1H3,(H2,14,17)/t7-/m0/s1. The Morgan fingerprint density at radius 3 is 3.21 bits per heavy atom. The number of carbonyl (C=O) groups is 1. The summed E-state index contributed by atoms with van der Waals surface area (Å²) >= 11 is 3.19. The maximum Gasteiger partial charge on any atom is 0.227 e. The predicted octanol–water partition coefficient (Wildman–Crippen LogP) is 2.39. The van der Waals surface area contributed by atoms with E-state index in [1.54, 1.807) is 17.7 Å². The third-order valence-corrected chi connectivity index (χ3v) is 5.58. The lowest BCUT2D eigenvalue weighted by atomic mass is 9.89. The number of nitrogens with two attached hydrogens (primary N) is 1. The van der Waals surface area contributed by atoms with E-state index < -0.39 is 0 Å². The van der Waals surface area contributed by atoms with Crippen molar-refractivity contribution < 1.29 is 4.79 Å². The Morgan fingerprint density at radius 1 is 1.58 bits per heavy atom. The van der Waals surface area contributed by atoms with Gasteiger partial charge in [-0.15, -0.1) is 11.3 Å². The molecule has 2 aromatic heterocycles. The molecule has 0 aliphatic heterocycles. The van der Waals surface area contributed by atoms with Crippen LogP contribution in [0.3, 0.4) is 0 Å². The summed E-state index contributed by atoms with van der Waals surface area (Å²) in [6, 6.07) is 0. The van der Waals surface area contributed by atoms with Gasteiger partial charge in [0.1, 0.15) is 16.2 Å².